The number of halogens is 2. The summed E-state index contributed by atoms with van der Waals surface area (Å²) in [4.78, 5) is 11.7. The number of nitrogens with one attached hydrogen (secondary N) is 2. The molecule has 0 radical (unpaired) electrons. The van der Waals surface area contributed by atoms with Gasteiger partial charge in [-0.2, -0.15) is 0 Å². The minimum atomic E-state index is -0.0179. The molecule has 0 fully saturated rings. The zero-order chi connectivity index (χ0) is 11.3. The summed E-state index contributed by atoms with van der Waals surface area (Å²) in [6, 6.07) is 7.84. The molecule has 0 heterocycles. The Bertz CT molecular complexity index is 347. The van der Waals surface area contributed by atoms with Gasteiger partial charge >= 0.3 is 0 Å². The molecule has 1 unspecified atom stereocenters. The molecule has 0 aromatic heterocycles. The van der Waals surface area contributed by atoms with Crippen LogP contribution in [0.25, 0.3) is 0 Å². The third-order valence-electron chi connectivity index (χ3n) is 2.15. The van der Waals surface area contributed by atoms with Gasteiger partial charge in [0.1, 0.15) is 0 Å². The second-order valence-corrected chi connectivity index (χ2v) is 4.66. The van der Waals surface area contributed by atoms with E-state index in [2.05, 4.69) is 33.2 Å². The van der Waals surface area contributed by atoms with E-state index in [1.807, 2.05) is 38.2 Å². The Hall–Kier alpha value is -0.330. The molecular formula is C11H16ClIN2O. The van der Waals surface area contributed by atoms with Crippen LogP contribution in [0, 0.1) is 3.57 Å². The summed E-state index contributed by atoms with van der Waals surface area (Å²) in [5.41, 5.74) is 0.713. The number of rotatable bonds is 4. The van der Waals surface area contributed by atoms with Gasteiger partial charge in [-0.05, 0) is 54.8 Å². The van der Waals surface area contributed by atoms with E-state index >= 15 is 0 Å². The molecule has 0 bridgehead atoms. The van der Waals surface area contributed by atoms with E-state index in [9.17, 15) is 4.79 Å². The maximum atomic E-state index is 11.7. The van der Waals surface area contributed by atoms with E-state index in [4.69, 9.17) is 0 Å². The highest BCUT2D eigenvalue weighted by Gasteiger charge is 2.06. The van der Waals surface area contributed by atoms with Crippen LogP contribution in [-0.4, -0.2) is 25.5 Å². The van der Waals surface area contributed by atoms with Crippen LogP contribution in [0.4, 0.5) is 0 Å². The number of hydrogen-bond donors (Lipinski definition) is 2. The van der Waals surface area contributed by atoms with Crippen LogP contribution in [0.1, 0.15) is 17.3 Å². The minimum absolute atomic E-state index is 0. The molecule has 0 aliphatic carbocycles. The first-order chi connectivity index (χ1) is 7.13. The Morgan fingerprint density at radius 3 is 2.75 bits per heavy atom. The van der Waals surface area contributed by atoms with E-state index in [1.54, 1.807) is 0 Å². The average Bonchev–Trinajstić information content (AvgIpc) is 2.25. The molecule has 1 atom stereocenters. The van der Waals surface area contributed by atoms with Gasteiger partial charge in [0.15, 0.2) is 0 Å². The molecule has 90 valence electrons. The van der Waals surface area contributed by atoms with Crippen LogP contribution < -0.4 is 10.6 Å². The highest BCUT2D eigenvalue weighted by molar-refractivity contribution is 14.1. The Balaban J connectivity index is 0.00000225. The van der Waals surface area contributed by atoms with E-state index in [0.29, 0.717) is 12.1 Å². The summed E-state index contributed by atoms with van der Waals surface area (Å²) in [7, 11) is 1.88. The van der Waals surface area contributed by atoms with Crippen molar-refractivity contribution in [2.45, 2.75) is 13.0 Å². The molecule has 0 aliphatic heterocycles. The molecule has 0 spiro atoms. The van der Waals surface area contributed by atoms with E-state index in [-0.39, 0.29) is 24.4 Å². The maximum Gasteiger partial charge on any atom is 0.251 e. The van der Waals surface area contributed by atoms with Crippen LogP contribution >= 0.6 is 35.0 Å². The topological polar surface area (TPSA) is 41.1 Å². The molecule has 16 heavy (non-hydrogen) atoms. The van der Waals surface area contributed by atoms with E-state index in [1.165, 1.54) is 0 Å². The number of benzene rings is 1. The number of amides is 1. The smallest absolute Gasteiger partial charge is 0.251 e. The first kappa shape index (κ1) is 15.7. The monoisotopic (exact) mass is 354 g/mol. The summed E-state index contributed by atoms with van der Waals surface area (Å²) in [5.74, 6) is -0.0179. The predicted octanol–water partition coefficient (Wildman–Crippen LogP) is 2.05. The fourth-order valence-corrected chi connectivity index (χ4v) is 1.62. The van der Waals surface area contributed by atoms with Crippen molar-refractivity contribution in [3.8, 4) is 0 Å². The quantitative estimate of drug-likeness (QED) is 0.813. The lowest BCUT2D eigenvalue weighted by atomic mass is 10.2. The van der Waals surface area contributed by atoms with Crippen molar-refractivity contribution in [1.29, 1.82) is 0 Å². The Morgan fingerprint density at radius 1 is 1.50 bits per heavy atom. The standard InChI is InChI=1S/C11H15IN2O.ClH/c1-8(13-2)7-14-11(15)9-4-3-5-10(12)6-9;/h3-6,8,13H,7H2,1-2H3,(H,14,15);1H. The molecular weight excluding hydrogens is 338 g/mol. The van der Waals surface area contributed by atoms with Crippen LogP contribution in [0.5, 0.6) is 0 Å². The fourth-order valence-electron chi connectivity index (χ4n) is 1.08. The molecule has 0 saturated heterocycles. The number of carbonyl (C=O) groups is 1. The van der Waals surface area contributed by atoms with Crippen molar-refractivity contribution in [3.05, 3.63) is 33.4 Å². The highest BCUT2D eigenvalue weighted by atomic mass is 127. The van der Waals surface area contributed by atoms with Gasteiger partial charge in [0.2, 0.25) is 0 Å². The Morgan fingerprint density at radius 2 is 2.19 bits per heavy atom. The molecule has 3 nitrogen and oxygen atoms in total. The summed E-state index contributed by atoms with van der Waals surface area (Å²) in [6.45, 7) is 2.66. The molecule has 2 N–H and O–H groups in total. The van der Waals surface area contributed by atoms with E-state index < -0.39 is 0 Å². The van der Waals surface area contributed by atoms with Crippen molar-refractivity contribution < 1.29 is 4.79 Å². The molecule has 1 amide bonds. The van der Waals surface area contributed by atoms with Gasteiger partial charge in [-0.1, -0.05) is 6.07 Å². The van der Waals surface area contributed by atoms with Crippen LogP contribution in [-0.2, 0) is 0 Å². The maximum absolute atomic E-state index is 11.7. The first-order valence-electron chi connectivity index (χ1n) is 4.84. The summed E-state index contributed by atoms with van der Waals surface area (Å²) in [6.07, 6.45) is 0. The van der Waals surface area contributed by atoms with Crippen molar-refractivity contribution in [2.75, 3.05) is 13.6 Å². The fraction of sp³-hybridized carbons (Fsp3) is 0.364. The van der Waals surface area contributed by atoms with Crippen LogP contribution in [0.2, 0.25) is 0 Å². The lowest BCUT2D eigenvalue weighted by Crippen LogP contribution is -2.37. The third kappa shape index (κ3) is 5.14. The SMILES string of the molecule is CNC(C)CNC(=O)c1cccc(I)c1.Cl. The molecule has 5 heteroatoms. The normalized spacial score (nSPS) is 11.4. The molecule has 1 aromatic carbocycles. The van der Waals surface area contributed by atoms with Gasteiger partial charge in [0.25, 0.3) is 5.91 Å². The van der Waals surface area contributed by atoms with Gasteiger partial charge in [-0.15, -0.1) is 12.4 Å². The summed E-state index contributed by atoms with van der Waals surface area (Å²) < 4.78 is 1.07. The predicted molar refractivity (Wildman–Crippen MR) is 77.3 cm³/mol. The third-order valence-corrected chi connectivity index (χ3v) is 2.82. The van der Waals surface area contributed by atoms with Crippen LogP contribution in [0.15, 0.2) is 24.3 Å². The van der Waals surface area contributed by atoms with Crippen molar-refractivity contribution in [1.82, 2.24) is 10.6 Å². The van der Waals surface area contributed by atoms with Gasteiger partial charge in [-0.25, -0.2) is 0 Å². The van der Waals surface area contributed by atoms with E-state index in [0.717, 1.165) is 3.57 Å². The van der Waals surface area contributed by atoms with Crippen LogP contribution in [0.3, 0.4) is 0 Å². The molecule has 1 aromatic rings. The zero-order valence-electron chi connectivity index (χ0n) is 9.29. The van der Waals surface area contributed by atoms with Crippen molar-refractivity contribution >= 4 is 40.9 Å². The number of likely N-dealkylation sites (N-methyl/N-ethyl adjacent to an activating group) is 1. The second-order valence-electron chi connectivity index (χ2n) is 3.41. The number of carbonyl (C=O) groups excluding carboxylic acids is 1. The second kappa shape index (κ2) is 7.86. The zero-order valence-corrected chi connectivity index (χ0v) is 12.3. The highest BCUT2D eigenvalue weighted by Crippen LogP contribution is 2.07. The van der Waals surface area contributed by atoms with Gasteiger partial charge in [0, 0.05) is 21.7 Å². The van der Waals surface area contributed by atoms with Crippen molar-refractivity contribution in [2.24, 2.45) is 0 Å². The summed E-state index contributed by atoms with van der Waals surface area (Å²) >= 11 is 2.20. The minimum Gasteiger partial charge on any atom is -0.350 e. The molecule has 1 rings (SSSR count). The molecule has 0 saturated carbocycles. The van der Waals surface area contributed by atoms with Gasteiger partial charge in [0.05, 0.1) is 0 Å². The summed E-state index contributed by atoms with van der Waals surface area (Å²) in [5, 5.41) is 5.94. The van der Waals surface area contributed by atoms with Gasteiger partial charge in [-0.3, -0.25) is 4.79 Å². The Kier molecular flexibility index (Phi) is 7.70. The number of hydrogen-bond acceptors (Lipinski definition) is 2. The lowest BCUT2D eigenvalue weighted by Gasteiger charge is -2.11. The lowest BCUT2D eigenvalue weighted by molar-refractivity contribution is 0.0950. The largest absolute Gasteiger partial charge is 0.350 e. The van der Waals surface area contributed by atoms with Gasteiger partial charge < -0.3 is 10.6 Å². The average molecular weight is 355 g/mol. The van der Waals surface area contributed by atoms with Crippen molar-refractivity contribution in [3.63, 3.8) is 0 Å². The first-order valence-corrected chi connectivity index (χ1v) is 5.92. The molecule has 0 aliphatic rings. The Labute approximate surface area is 116 Å².